The van der Waals surface area contributed by atoms with Crippen LogP contribution in [0.15, 0.2) is 18.5 Å². The number of halogens is 2. The first-order chi connectivity index (χ1) is 8.79. The lowest BCUT2D eigenvalue weighted by molar-refractivity contribution is 0.156. The fourth-order valence-corrected chi connectivity index (χ4v) is 2.94. The van der Waals surface area contributed by atoms with Gasteiger partial charge in [0.1, 0.15) is 5.82 Å². The van der Waals surface area contributed by atoms with Crippen molar-refractivity contribution in [3.63, 3.8) is 0 Å². The summed E-state index contributed by atoms with van der Waals surface area (Å²) in [5.41, 5.74) is 0.936. The molecule has 1 saturated carbocycles. The summed E-state index contributed by atoms with van der Waals surface area (Å²) in [6, 6.07) is 2.16. The number of alkyl halides is 1. The molecule has 18 heavy (non-hydrogen) atoms. The highest BCUT2D eigenvalue weighted by molar-refractivity contribution is 6.18. The van der Waals surface area contributed by atoms with Gasteiger partial charge < -0.3 is 0 Å². The van der Waals surface area contributed by atoms with Gasteiger partial charge >= 0.3 is 0 Å². The number of aromatic nitrogens is 1. The molecule has 1 aliphatic carbocycles. The van der Waals surface area contributed by atoms with E-state index < -0.39 is 0 Å². The zero-order valence-electron chi connectivity index (χ0n) is 10.6. The molecule has 0 bridgehead atoms. The zero-order valence-corrected chi connectivity index (χ0v) is 11.4. The van der Waals surface area contributed by atoms with E-state index in [0.717, 1.165) is 18.7 Å². The molecule has 0 N–H and O–H groups in total. The number of hydrogen-bond donors (Lipinski definition) is 0. The zero-order chi connectivity index (χ0) is 12.8. The van der Waals surface area contributed by atoms with Gasteiger partial charge in [0, 0.05) is 31.2 Å². The van der Waals surface area contributed by atoms with Gasteiger partial charge in [-0.15, -0.1) is 11.6 Å². The topological polar surface area (TPSA) is 16.1 Å². The Morgan fingerprint density at radius 1 is 1.28 bits per heavy atom. The van der Waals surface area contributed by atoms with E-state index in [-0.39, 0.29) is 5.82 Å². The predicted molar refractivity (Wildman–Crippen MR) is 72.2 cm³/mol. The fraction of sp³-hybridized carbons (Fsp3) is 0.643. The van der Waals surface area contributed by atoms with Gasteiger partial charge in [0.2, 0.25) is 0 Å². The summed E-state index contributed by atoms with van der Waals surface area (Å²) >= 11 is 5.88. The van der Waals surface area contributed by atoms with Gasteiger partial charge in [0.05, 0.1) is 6.20 Å². The van der Waals surface area contributed by atoms with Gasteiger partial charge in [0.15, 0.2) is 0 Å². The van der Waals surface area contributed by atoms with E-state index in [0.29, 0.717) is 11.9 Å². The van der Waals surface area contributed by atoms with Crippen LogP contribution in [0.25, 0.3) is 0 Å². The molecule has 0 aliphatic heterocycles. The lowest BCUT2D eigenvalue weighted by atomic mass is 9.94. The van der Waals surface area contributed by atoms with Gasteiger partial charge in [-0.05, 0) is 24.5 Å². The van der Waals surface area contributed by atoms with Crippen molar-refractivity contribution in [3.05, 3.63) is 29.8 Å². The molecule has 1 aromatic heterocycles. The van der Waals surface area contributed by atoms with Crippen molar-refractivity contribution in [2.45, 2.75) is 44.7 Å². The number of nitrogens with zero attached hydrogens (tertiary/aromatic N) is 2. The van der Waals surface area contributed by atoms with Crippen LogP contribution < -0.4 is 0 Å². The first-order valence-corrected chi connectivity index (χ1v) is 7.22. The van der Waals surface area contributed by atoms with Gasteiger partial charge in [-0.1, -0.05) is 19.3 Å². The summed E-state index contributed by atoms with van der Waals surface area (Å²) in [5, 5.41) is 0. The van der Waals surface area contributed by atoms with E-state index in [1.54, 1.807) is 12.3 Å². The normalized spacial score (nSPS) is 17.3. The van der Waals surface area contributed by atoms with E-state index >= 15 is 0 Å². The first kappa shape index (κ1) is 13.8. The van der Waals surface area contributed by atoms with Crippen molar-refractivity contribution in [3.8, 4) is 0 Å². The molecule has 0 spiro atoms. The fourth-order valence-electron chi connectivity index (χ4n) is 2.72. The average molecular weight is 271 g/mol. The number of pyridine rings is 1. The molecular formula is C14H20ClFN2. The molecule has 100 valence electrons. The minimum absolute atomic E-state index is 0.262. The quantitative estimate of drug-likeness (QED) is 0.760. The van der Waals surface area contributed by atoms with Crippen molar-refractivity contribution in [1.82, 2.24) is 9.88 Å². The Morgan fingerprint density at radius 3 is 2.72 bits per heavy atom. The Kier molecular flexibility index (Phi) is 5.39. The third-order valence-electron chi connectivity index (χ3n) is 3.61. The first-order valence-electron chi connectivity index (χ1n) is 6.69. The minimum Gasteiger partial charge on any atom is -0.295 e. The van der Waals surface area contributed by atoms with Gasteiger partial charge in [-0.25, -0.2) is 4.39 Å². The van der Waals surface area contributed by atoms with Crippen molar-refractivity contribution in [1.29, 1.82) is 0 Å². The van der Waals surface area contributed by atoms with Crippen molar-refractivity contribution in [2.75, 3.05) is 12.4 Å². The van der Waals surface area contributed by atoms with E-state index in [2.05, 4.69) is 9.88 Å². The Morgan fingerprint density at radius 2 is 2.06 bits per heavy atom. The van der Waals surface area contributed by atoms with Crippen LogP contribution in [-0.4, -0.2) is 28.4 Å². The van der Waals surface area contributed by atoms with E-state index in [9.17, 15) is 4.39 Å². The minimum atomic E-state index is -0.262. The Bertz CT molecular complexity index is 367. The Hall–Kier alpha value is -0.670. The van der Waals surface area contributed by atoms with Gasteiger partial charge in [-0.3, -0.25) is 9.88 Å². The van der Waals surface area contributed by atoms with Crippen LogP contribution in [-0.2, 0) is 6.54 Å². The van der Waals surface area contributed by atoms with Crippen molar-refractivity contribution >= 4 is 11.6 Å². The van der Waals surface area contributed by atoms with Gasteiger partial charge in [-0.2, -0.15) is 0 Å². The number of rotatable bonds is 5. The largest absolute Gasteiger partial charge is 0.295 e. The van der Waals surface area contributed by atoms with Gasteiger partial charge in [0.25, 0.3) is 0 Å². The summed E-state index contributed by atoms with van der Waals surface area (Å²) in [7, 11) is 0. The maximum absolute atomic E-state index is 13.1. The smallest absolute Gasteiger partial charge is 0.141 e. The van der Waals surface area contributed by atoms with Crippen LogP contribution in [0.5, 0.6) is 0 Å². The maximum Gasteiger partial charge on any atom is 0.141 e. The van der Waals surface area contributed by atoms with Crippen LogP contribution in [0.1, 0.15) is 37.7 Å². The van der Waals surface area contributed by atoms with Crippen LogP contribution in [0.2, 0.25) is 0 Å². The highest BCUT2D eigenvalue weighted by Crippen LogP contribution is 2.24. The summed E-state index contributed by atoms with van der Waals surface area (Å²) in [6.07, 6.45) is 9.39. The Labute approximate surface area is 113 Å². The molecule has 0 amide bonds. The van der Waals surface area contributed by atoms with E-state index in [4.69, 9.17) is 11.6 Å². The van der Waals surface area contributed by atoms with Crippen LogP contribution in [0, 0.1) is 5.82 Å². The predicted octanol–water partition coefficient (Wildman–Crippen LogP) is 3.59. The molecule has 2 rings (SSSR count). The van der Waals surface area contributed by atoms with Crippen molar-refractivity contribution < 1.29 is 4.39 Å². The van der Waals surface area contributed by atoms with Crippen molar-refractivity contribution in [2.24, 2.45) is 0 Å². The summed E-state index contributed by atoms with van der Waals surface area (Å²) in [6.45, 7) is 1.62. The monoisotopic (exact) mass is 270 g/mol. The molecule has 0 atom stereocenters. The molecule has 0 unspecified atom stereocenters. The summed E-state index contributed by atoms with van der Waals surface area (Å²) in [4.78, 5) is 6.29. The maximum atomic E-state index is 13.1. The SMILES string of the molecule is Fc1cncc(CN(CCCl)C2CCCCC2)c1. The molecule has 1 aliphatic rings. The number of hydrogen-bond acceptors (Lipinski definition) is 2. The summed E-state index contributed by atoms with van der Waals surface area (Å²) < 4.78 is 13.1. The molecule has 1 heterocycles. The average Bonchev–Trinajstić information content (AvgIpc) is 2.39. The Balaban J connectivity index is 2.00. The molecule has 0 saturated heterocycles. The lowest BCUT2D eigenvalue weighted by Crippen LogP contribution is -2.37. The standard InChI is InChI=1S/C14H20ClFN2/c15-6-7-18(14-4-2-1-3-5-14)11-12-8-13(16)10-17-9-12/h8-10,14H,1-7,11H2. The van der Waals surface area contributed by atoms with E-state index in [1.165, 1.54) is 38.3 Å². The molecular weight excluding hydrogens is 251 g/mol. The van der Waals surface area contributed by atoms with Crippen LogP contribution >= 0.6 is 11.6 Å². The molecule has 2 nitrogen and oxygen atoms in total. The summed E-state index contributed by atoms with van der Waals surface area (Å²) in [5.74, 6) is 0.362. The third kappa shape index (κ3) is 3.92. The second-order valence-corrected chi connectivity index (χ2v) is 5.34. The van der Waals surface area contributed by atoms with Crippen LogP contribution in [0.3, 0.4) is 0 Å². The second kappa shape index (κ2) is 7.05. The van der Waals surface area contributed by atoms with Crippen LogP contribution in [0.4, 0.5) is 4.39 Å². The molecule has 4 heteroatoms. The molecule has 0 aromatic carbocycles. The highest BCUT2D eigenvalue weighted by Gasteiger charge is 2.20. The highest BCUT2D eigenvalue weighted by atomic mass is 35.5. The third-order valence-corrected chi connectivity index (χ3v) is 3.78. The van der Waals surface area contributed by atoms with E-state index in [1.807, 2.05) is 0 Å². The lowest BCUT2D eigenvalue weighted by Gasteiger charge is -2.33. The second-order valence-electron chi connectivity index (χ2n) is 4.96. The molecule has 0 radical (unpaired) electrons. The molecule has 1 fully saturated rings. The molecule has 1 aromatic rings.